The van der Waals surface area contributed by atoms with Crippen molar-refractivity contribution < 1.29 is 0 Å². The van der Waals surface area contributed by atoms with E-state index in [9.17, 15) is 0 Å². The number of thioether (sulfide) groups is 1. The molecular weight excluding hydrogens is 154 g/mol. The summed E-state index contributed by atoms with van der Waals surface area (Å²) in [5.41, 5.74) is 0. The van der Waals surface area contributed by atoms with E-state index in [2.05, 4.69) is 26.8 Å². The molecule has 11 heavy (non-hydrogen) atoms. The molecule has 0 aliphatic rings. The summed E-state index contributed by atoms with van der Waals surface area (Å²) in [4.78, 5) is 0. The van der Waals surface area contributed by atoms with Crippen LogP contribution in [0.1, 0.15) is 33.6 Å². The third kappa shape index (κ3) is 6.25. The Morgan fingerprint density at radius 3 is 2.45 bits per heavy atom. The maximum Gasteiger partial charge on any atom is 0.0633 e. The Balaban J connectivity index is 3.45. The largest absolute Gasteiger partial charge is 0.198 e. The SMILES string of the molecule is CCC(CC#N)SCC(C)C. The van der Waals surface area contributed by atoms with Crippen LogP contribution >= 0.6 is 11.8 Å². The van der Waals surface area contributed by atoms with E-state index in [0.717, 1.165) is 12.3 Å². The molecule has 0 rings (SSSR count). The molecule has 0 N–H and O–H groups in total. The minimum Gasteiger partial charge on any atom is -0.198 e. The molecule has 0 spiro atoms. The van der Waals surface area contributed by atoms with Gasteiger partial charge in [-0.15, -0.1) is 0 Å². The second-order valence-corrected chi connectivity index (χ2v) is 4.45. The van der Waals surface area contributed by atoms with E-state index >= 15 is 0 Å². The van der Waals surface area contributed by atoms with Gasteiger partial charge in [0.25, 0.3) is 0 Å². The molecule has 0 heterocycles. The van der Waals surface area contributed by atoms with Gasteiger partial charge in [0.05, 0.1) is 6.07 Å². The maximum absolute atomic E-state index is 8.47. The van der Waals surface area contributed by atoms with Gasteiger partial charge in [-0.25, -0.2) is 0 Å². The maximum atomic E-state index is 8.47. The van der Waals surface area contributed by atoms with Crippen molar-refractivity contribution >= 4 is 11.8 Å². The Kier molecular flexibility index (Phi) is 6.45. The minimum absolute atomic E-state index is 0.558. The summed E-state index contributed by atoms with van der Waals surface area (Å²) in [6.07, 6.45) is 1.82. The number of rotatable bonds is 5. The van der Waals surface area contributed by atoms with Crippen LogP contribution in [0.2, 0.25) is 0 Å². The third-order valence-corrected chi connectivity index (χ3v) is 3.27. The van der Waals surface area contributed by atoms with Crippen LogP contribution < -0.4 is 0 Å². The lowest BCUT2D eigenvalue weighted by molar-refractivity contribution is 0.742. The predicted octanol–water partition coefficient (Wildman–Crippen LogP) is 3.07. The predicted molar refractivity (Wildman–Crippen MR) is 51.6 cm³/mol. The molecule has 0 aromatic rings. The Bertz CT molecular complexity index is 126. The van der Waals surface area contributed by atoms with Crippen LogP contribution in [0.25, 0.3) is 0 Å². The molecule has 0 aliphatic heterocycles. The van der Waals surface area contributed by atoms with E-state index in [4.69, 9.17) is 5.26 Å². The van der Waals surface area contributed by atoms with Gasteiger partial charge in [-0.05, 0) is 18.1 Å². The average Bonchev–Trinajstić information content (AvgIpc) is 1.97. The van der Waals surface area contributed by atoms with Crippen LogP contribution in [-0.2, 0) is 0 Å². The highest BCUT2D eigenvalue weighted by Crippen LogP contribution is 2.19. The van der Waals surface area contributed by atoms with Crippen molar-refractivity contribution in [3.63, 3.8) is 0 Å². The van der Waals surface area contributed by atoms with E-state index in [1.54, 1.807) is 0 Å². The monoisotopic (exact) mass is 171 g/mol. The van der Waals surface area contributed by atoms with Gasteiger partial charge in [-0.2, -0.15) is 17.0 Å². The summed E-state index contributed by atoms with van der Waals surface area (Å²) in [7, 11) is 0. The molecule has 0 aromatic carbocycles. The molecular formula is C9H17NS. The van der Waals surface area contributed by atoms with Crippen LogP contribution in [0.3, 0.4) is 0 Å². The minimum atomic E-state index is 0.558. The van der Waals surface area contributed by atoms with Crippen molar-refractivity contribution in [2.45, 2.75) is 38.9 Å². The lowest BCUT2D eigenvalue weighted by Gasteiger charge is -2.11. The molecule has 1 atom stereocenters. The molecule has 0 saturated heterocycles. The summed E-state index contributed by atoms with van der Waals surface area (Å²) < 4.78 is 0. The first kappa shape index (κ1) is 10.8. The van der Waals surface area contributed by atoms with E-state index in [1.807, 2.05) is 11.8 Å². The van der Waals surface area contributed by atoms with Crippen LogP contribution in [0.15, 0.2) is 0 Å². The van der Waals surface area contributed by atoms with Gasteiger partial charge >= 0.3 is 0 Å². The first-order chi connectivity index (χ1) is 5.20. The van der Waals surface area contributed by atoms with Crippen molar-refractivity contribution in [3.8, 4) is 6.07 Å². The van der Waals surface area contributed by atoms with Crippen molar-refractivity contribution in [2.75, 3.05) is 5.75 Å². The quantitative estimate of drug-likeness (QED) is 0.634. The molecule has 0 radical (unpaired) electrons. The summed E-state index contributed by atoms with van der Waals surface area (Å²) in [5, 5.41) is 9.03. The van der Waals surface area contributed by atoms with Gasteiger partial charge < -0.3 is 0 Å². The number of nitrogens with zero attached hydrogens (tertiary/aromatic N) is 1. The molecule has 0 bridgehead atoms. The third-order valence-electron chi connectivity index (χ3n) is 1.44. The van der Waals surface area contributed by atoms with Gasteiger partial charge in [0, 0.05) is 11.7 Å². The zero-order valence-corrected chi connectivity index (χ0v) is 8.45. The zero-order valence-electron chi connectivity index (χ0n) is 7.63. The average molecular weight is 171 g/mol. The number of hydrogen-bond acceptors (Lipinski definition) is 2. The zero-order chi connectivity index (χ0) is 8.69. The van der Waals surface area contributed by atoms with Crippen molar-refractivity contribution in [1.82, 2.24) is 0 Å². The van der Waals surface area contributed by atoms with Crippen LogP contribution in [0.4, 0.5) is 0 Å². The van der Waals surface area contributed by atoms with Crippen LogP contribution in [0, 0.1) is 17.2 Å². The Hall–Kier alpha value is -0.160. The van der Waals surface area contributed by atoms with Gasteiger partial charge in [0.2, 0.25) is 0 Å². The fourth-order valence-electron chi connectivity index (χ4n) is 0.751. The number of hydrogen-bond donors (Lipinski definition) is 0. The lowest BCUT2D eigenvalue weighted by atomic mass is 10.3. The van der Waals surface area contributed by atoms with E-state index in [1.165, 1.54) is 5.75 Å². The van der Waals surface area contributed by atoms with Crippen molar-refractivity contribution in [2.24, 2.45) is 5.92 Å². The number of nitriles is 1. The second-order valence-electron chi connectivity index (χ2n) is 3.12. The highest BCUT2D eigenvalue weighted by Gasteiger charge is 2.06. The van der Waals surface area contributed by atoms with Gasteiger partial charge in [0.15, 0.2) is 0 Å². The molecule has 1 unspecified atom stereocenters. The summed E-state index contributed by atoms with van der Waals surface area (Å²) in [5.74, 6) is 1.92. The Morgan fingerprint density at radius 1 is 1.45 bits per heavy atom. The van der Waals surface area contributed by atoms with Gasteiger partial charge in [-0.1, -0.05) is 20.8 Å². The van der Waals surface area contributed by atoms with Crippen LogP contribution in [0.5, 0.6) is 0 Å². The Morgan fingerprint density at radius 2 is 2.09 bits per heavy atom. The summed E-state index contributed by atoms with van der Waals surface area (Å²) in [6.45, 7) is 6.58. The summed E-state index contributed by atoms with van der Waals surface area (Å²) in [6, 6.07) is 2.22. The molecule has 0 aromatic heterocycles. The van der Waals surface area contributed by atoms with E-state index < -0.39 is 0 Å². The van der Waals surface area contributed by atoms with E-state index in [-0.39, 0.29) is 0 Å². The topological polar surface area (TPSA) is 23.8 Å². The second kappa shape index (κ2) is 6.54. The standard InChI is InChI=1S/C9H17NS/c1-4-9(5-6-10)11-7-8(2)3/h8-9H,4-5,7H2,1-3H3. The van der Waals surface area contributed by atoms with Crippen molar-refractivity contribution in [3.05, 3.63) is 0 Å². The molecule has 1 nitrogen and oxygen atoms in total. The Labute approximate surface area is 74.2 Å². The molecule has 64 valence electrons. The van der Waals surface area contributed by atoms with Gasteiger partial charge in [-0.3, -0.25) is 0 Å². The highest BCUT2D eigenvalue weighted by atomic mass is 32.2. The summed E-state index contributed by atoms with van der Waals surface area (Å²) >= 11 is 1.93. The molecule has 0 aliphatic carbocycles. The normalized spacial score (nSPS) is 13.0. The molecule has 0 fully saturated rings. The fraction of sp³-hybridized carbons (Fsp3) is 0.889. The first-order valence-electron chi connectivity index (χ1n) is 4.19. The highest BCUT2D eigenvalue weighted by molar-refractivity contribution is 7.99. The molecule has 0 amide bonds. The molecule has 2 heteroatoms. The fourth-order valence-corrected chi connectivity index (χ4v) is 1.84. The van der Waals surface area contributed by atoms with E-state index in [0.29, 0.717) is 11.7 Å². The van der Waals surface area contributed by atoms with Gasteiger partial charge in [0.1, 0.15) is 0 Å². The van der Waals surface area contributed by atoms with Crippen LogP contribution in [-0.4, -0.2) is 11.0 Å². The first-order valence-corrected chi connectivity index (χ1v) is 5.24. The molecule has 0 saturated carbocycles. The smallest absolute Gasteiger partial charge is 0.0633 e. The van der Waals surface area contributed by atoms with Crippen molar-refractivity contribution in [1.29, 1.82) is 5.26 Å². The lowest BCUT2D eigenvalue weighted by Crippen LogP contribution is -2.03.